The Morgan fingerprint density at radius 1 is 1.32 bits per heavy atom. The van der Waals surface area contributed by atoms with Gasteiger partial charge < -0.3 is 5.11 Å². The maximum Gasteiger partial charge on any atom is 0.373 e. The molecule has 1 aromatic heterocycles. The number of rotatable bonds is 5. The smallest absolute Gasteiger partial charge is 0.373 e. The van der Waals surface area contributed by atoms with E-state index in [0.29, 0.717) is 17.0 Å². The summed E-state index contributed by atoms with van der Waals surface area (Å²) in [5.74, 6) is -2.56. The first kappa shape index (κ1) is 19.2. The van der Waals surface area contributed by atoms with Gasteiger partial charge in [0.05, 0.1) is 16.3 Å². The lowest BCUT2D eigenvalue weighted by Gasteiger charge is -2.15. The van der Waals surface area contributed by atoms with Gasteiger partial charge in [-0.15, -0.1) is 10.2 Å². The molecule has 1 unspecified atom stereocenters. The number of nitrogens with one attached hydrogen (secondary N) is 1. The topological polar surface area (TPSA) is 191 Å². The maximum atomic E-state index is 12.6. The van der Waals surface area contributed by atoms with Gasteiger partial charge in [0.2, 0.25) is 5.82 Å². The Balaban J connectivity index is 1.84. The van der Waals surface area contributed by atoms with Gasteiger partial charge >= 0.3 is 5.97 Å². The number of aromatic nitrogens is 3. The van der Waals surface area contributed by atoms with Gasteiger partial charge in [-0.1, -0.05) is 0 Å². The number of anilines is 1. The lowest BCUT2D eigenvalue weighted by atomic mass is 10.1. The first-order valence-electron chi connectivity index (χ1n) is 7.61. The van der Waals surface area contributed by atoms with E-state index < -0.39 is 33.9 Å². The van der Waals surface area contributed by atoms with Crippen LogP contribution in [0.3, 0.4) is 0 Å². The molecule has 0 saturated heterocycles. The van der Waals surface area contributed by atoms with Crippen LogP contribution in [0.2, 0.25) is 0 Å². The van der Waals surface area contributed by atoms with Gasteiger partial charge in [-0.25, -0.2) is 4.79 Å². The monoisotopic (exact) mass is 407 g/mol. The van der Waals surface area contributed by atoms with Crippen molar-refractivity contribution < 1.29 is 27.7 Å². The van der Waals surface area contributed by atoms with Crippen molar-refractivity contribution >= 4 is 39.3 Å². The van der Waals surface area contributed by atoms with Crippen LogP contribution in [-0.2, 0) is 14.9 Å². The van der Waals surface area contributed by atoms with Crippen LogP contribution in [0.25, 0.3) is 0 Å². The molecule has 0 aliphatic carbocycles. The van der Waals surface area contributed by atoms with Crippen molar-refractivity contribution in [1.29, 1.82) is 0 Å². The summed E-state index contributed by atoms with van der Waals surface area (Å²) in [5.41, 5.74) is 0.999. The van der Waals surface area contributed by atoms with Gasteiger partial charge in [-0.2, -0.15) is 28.6 Å². The molecule has 0 saturated carbocycles. The maximum absolute atomic E-state index is 12.6. The average molecular weight is 407 g/mol. The Morgan fingerprint density at radius 2 is 2.04 bits per heavy atom. The third-order valence-corrected chi connectivity index (χ3v) is 4.58. The number of carboxylic acid groups (broad SMARTS) is 1. The Morgan fingerprint density at radius 3 is 2.61 bits per heavy atom. The Bertz CT molecular complexity index is 1140. The van der Waals surface area contributed by atoms with Crippen LogP contribution < -0.4 is 5.01 Å². The van der Waals surface area contributed by atoms with Gasteiger partial charge in [0.1, 0.15) is 0 Å². The van der Waals surface area contributed by atoms with E-state index in [1.54, 1.807) is 13.8 Å². The molecular formula is C14H13N7O6S. The number of H-pyrrole nitrogens is 1. The Labute approximate surface area is 157 Å². The van der Waals surface area contributed by atoms with Crippen LogP contribution in [0.15, 0.2) is 38.4 Å². The second kappa shape index (κ2) is 6.90. The number of aryl methyl sites for hydroxylation is 1. The van der Waals surface area contributed by atoms with Crippen LogP contribution in [0, 0.1) is 6.92 Å². The molecule has 146 valence electrons. The molecule has 2 aromatic rings. The zero-order valence-corrected chi connectivity index (χ0v) is 15.2. The summed E-state index contributed by atoms with van der Waals surface area (Å²) in [5, 5.41) is 27.1. The quantitative estimate of drug-likeness (QED) is 0.481. The molecular weight excluding hydrogens is 394 g/mol. The first-order valence-corrected chi connectivity index (χ1v) is 9.05. The predicted octanol–water partition coefficient (Wildman–Crippen LogP) is 0.933. The zero-order chi connectivity index (χ0) is 20.6. The Hall–Kier alpha value is -3.52. The van der Waals surface area contributed by atoms with E-state index in [0.717, 1.165) is 11.1 Å². The average Bonchev–Trinajstić information content (AvgIpc) is 3.18. The van der Waals surface area contributed by atoms with E-state index in [1.165, 1.54) is 12.1 Å². The third kappa shape index (κ3) is 3.63. The van der Waals surface area contributed by atoms with Crippen molar-refractivity contribution in [2.24, 2.45) is 15.3 Å². The molecule has 0 bridgehead atoms. The molecule has 0 radical (unpaired) electrons. The number of hydrazone groups is 1. The van der Waals surface area contributed by atoms with E-state index >= 15 is 0 Å². The number of azo groups is 1. The standard InChI is InChI=1S/C14H13N7O6S/c1-6-5-8(28(25,26)27)3-4-9(6)21-12(22)10(7(2)20-21)16-18-14-15-11(13(23)24)17-19-14/h3-5,10H,1-2H3,(H,23,24)(H,15,17,19)(H,25,26,27). The first-order chi connectivity index (χ1) is 13.1. The van der Waals surface area contributed by atoms with Crippen molar-refractivity contribution in [1.82, 2.24) is 15.2 Å². The molecule has 13 nitrogen and oxygen atoms in total. The number of aromatic amines is 1. The molecule has 2 heterocycles. The number of benzene rings is 1. The number of carboxylic acids is 1. The molecule has 0 spiro atoms. The number of hydrogen-bond acceptors (Lipinski definition) is 9. The number of carbonyl (C=O) groups is 2. The molecule has 3 rings (SSSR count). The van der Waals surface area contributed by atoms with Gasteiger partial charge in [-0.05, 0) is 37.6 Å². The summed E-state index contributed by atoms with van der Waals surface area (Å²) < 4.78 is 31.5. The molecule has 28 heavy (non-hydrogen) atoms. The van der Waals surface area contributed by atoms with Crippen LogP contribution in [0.1, 0.15) is 23.1 Å². The summed E-state index contributed by atoms with van der Waals surface area (Å²) in [6.07, 6.45) is 0. The summed E-state index contributed by atoms with van der Waals surface area (Å²) in [7, 11) is -4.38. The number of nitrogens with zero attached hydrogens (tertiary/aromatic N) is 6. The van der Waals surface area contributed by atoms with E-state index in [-0.39, 0.29) is 10.8 Å². The molecule has 1 atom stereocenters. The molecule has 1 aliphatic heterocycles. The number of hydrogen-bond donors (Lipinski definition) is 3. The van der Waals surface area contributed by atoms with Crippen LogP contribution in [0.5, 0.6) is 0 Å². The SMILES string of the molecule is CC1=NN(c2ccc(S(=O)(=O)O)cc2C)C(=O)C1N=Nc1n[nH]c(C(=O)O)n1. The molecule has 1 aliphatic rings. The number of carbonyl (C=O) groups excluding carboxylic acids is 1. The fourth-order valence-corrected chi connectivity index (χ4v) is 2.96. The van der Waals surface area contributed by atoms with Crippen molar-refractivity contribution in [3.63, 3.8) is 0 Å². The third-order valence-electron chi connectivity index (χ3n) is 3.73. The van der Waals surface area contributed by atoms with E-state index in [4.69, 9.17) is 9.66 Å². The second-order valence-electron chi connectivity index (χ2n) is 5.72. The second-order valence-corrected chi connectivity index (χ2v) is 7.14. The van der Waals surface area contributed by atoms with Crippen LogP contribution in [-0.4, -0.2) is 56.9 Å². The minimum atomic E-state index is -4.38. The number of aromatic carboxylic acids is 1. The molecule has 0 fully saturated rings. The lowest BCUT2D eigenvalue weighted by molar-refractivity contribution is -0.117. The summed E-state index contributed by atoms with van der Waals surface area (Å²) >= 11 is 0. The largest absolute Gasteiger partial charge is 0.475 e. The van der Waals surface area contributed by atoms with Crippen LogP contribution in [0.4, 0.5) is 11.6 Å². The van der Waals surface area contributed by atoms with Crippen LogP contribution >= 0.6 is 0 Å². The van der Waals surface area contributed by atoms with Crippen molar-refractivity contribution in [3.8, 4) is 0 Å². The van der Waals surface area contributed by atoms with Gasteiger partial charge in [0.15, 0.2) is 6.04 Å². The summed E-state index contributed by atoms with van der Waals surface area (Å²) in [6.45, 7) is 3.10. The Kier molecular flexibility index (Phi) is 4.74. The highest BCUT2D eigenvalue weighted by molar-refractivity contribution is 7.85. The minimum absolute atomic E-state index is 0.259. The van der Waals surface area contributed by atoms with Gasteiger partial charge in [0.25, 0.3) is 22.0 Å². The van der Waals surface area contributed by atoms with E-state index in [1.807, 2.05) is 0 Å². The zero-order valence-electron chi connectivity index (χ0n) is 14.4. The highest BCUT2D eigenvalue weighted by Gasteiger charge is 2.35. The summed E-state index contributed by atoms with van der Waals surface area (Å²) in [6, 6.07) is 2.61. The van der Waals surface area contributed by atoms with Crippen molar-refractivity contribution in [2.45, 2.75) is 24.8 Å². The van der Waals surface area contributed by atoms with Gasteiger partial charge in [0, 0.05) is 0 Å². The fourth-order valence-electron chi connectivity index (χ4n) is 2.39. The number of amides is 1. The minimum Gasteiger partial charge on any atom is -0.475 e. The van der Waals surface area contributed by atoms with E-state index in [9.17, 15) is 18.0 Å². The van der Waals surface area contributed by atoms with Crippen molar-refractivity contribution in [2.75, 3.05) is 5.01 Å². The fraction of sp³-hybridized carbons (Fsp3) is 0.214. The highest BCUT2D eigenvalue weighted by atomic mass is 32.2. The molecule has 14 heteroatoms. The molecule has 1 aromatic carbocycles. The van der Waals surface area contributed by atoms with Gasteiger partial charge in [-0.3, -0.25) is 14.4 Å². The highest BCUT2D eigenvalue weighted by Crippen LogP contribution is 2.28. The molecule has 1 amide bonds. The lowest BCUT2D eigenvalue weighted by Crippen LogP contribution is -2.30. The summed E-state index contributed by atoms with van der Waals surface area (Å²) in [4.78, 5) is 26.7. The normalized spacial score (nSPS) is 17.4. The molecule has 3 N–H and O–H groups in total. The van der Waals surface area contributed by atoms with E-state index in [2.05, 4.69) is 30.5 Å². The van der Waals surface area contributed by atoms with Crippen molar-refractivity contribution in [3.05, 3.63) is 29.6 Å². The predicted molar refractivity (Wildman–Crippen MR) is 93.2 cm³/mol.